The van der Waals surface area contributed by atoms with Crippen LogP contribution in [0, 0.1) is 5.41 Å². The molecule has 1 aromatic heterocycles. The summed E-state index contributed by atoms with van der Waals surface area (Å²) in [6, 6.07) is 2.36. The van der Waals surface area contributed by atoms with E-state index in [0.29, 0.717) is 5.41 Å². The van der Waals surface area contributed by atoms with Gasteiger partial charge in [0.15, 0.2) is 5.82 Å². The van der Waals surface area contributed by atoms with Crippen molar-refractivity contribution in [2.45, 2.75) is 18.9 Å². The van der Waals surface area contributed by atoms with Crippen LogP contribution in [0.4, 0.5) is 5.82 Å². The molecule has 1 spiro atoms. The molecule has 0 bridgehead atoms. The molecule has 5 nitrogen and oxygen atoms in total. The SMILES string of the molecule is Cn1ccc(N2C[C@@H](N)C3(CCNCC3)C2)n1. The lowest BCUT2D eigenvalue weighted by Crippen LogP contribution is -2.47. The van der Waals surface area contributed by atoms with Crippen LogP contribution in [0.3, 0.4) is 0 Å². The van der Waals surface area contributed by atoms with Crippen LogP contribution in [-0.4, -0.2) is 42.0 Å². The first-order chi connectivity index (χ1) is 8.20. The van der Waals surface area contributed by atoms with Gasteiger partial charge in [-0.2, -0.15) is 5.10 Å². The number of aryl methyl sites for hydroxylation is 1. The van der Waals surface area contributed by atoms with Crippen LogP contribution in [0.15, 0.2) is 12.3 Å². The lowest BCUT2D eigenvalue weighted by molar-refractivity contribution is 0.205. The fourth-order valence-corrected chi connectivity index (χ4v) is 3.19. The van der Waals surface area contributed by atoms with Crippen LogP contribution in [0.5, 0.6) is 0 Å². The third kappa shape index (κ3) is 1.83. The number of piperidine rings is 1. The normalized spacial score (nSPS) is 27.9. The number of nitrogens with two attached hydrogens (primary N) is 1. The second-order valence-electron chi connectivity index (χ2n) is 5.45. The maximum Gasteiger partial charge on any atom is 0.150 e. The lowest BCUT2D eigenvalue weighted by Gasteiger charge is -2.36. The van der Waals surface area contributed by atoms with E-state index in [9.17, 15) is 0 Å². The summed E-state index contributed by atoms with van der Waals surface area (Å²) in [5.41, 5.74) is 6.68. The predicted molar refractivity (Wildman–Crippen MR) is 67.9 cm³/mol. The second-order valence-corrected chi connectivity index (χ2v) is 5.45. The Morgan fingerprint density at radius 2 is 2.24 bits per heavy atom. The van der Waals surface area contributed by atoms with Gasteiger partial charge in [0.05, 0.1) is 0 Å². The number of nitrogens with zero attached hydrogens (tertiary/aromatic N) is 3. The van der Waals surface area contributed by atoms with Crippen LogP contribution >= 0.6 is 0 Å². The van der Waals surface area contributed by atoms with Gasteiger partial charge in [-0.25, -0.2) is 0 Å². The molecule has 0 aromatic carbocycles. The van der Waals surface area contributed by atoms with E-state index in [1.165, 1.54) is 12.8 Å². The second kappa shape index (κ2) is 3.99. The third-order valence-corrected chi connectivity index (χ3v) is 4.33. The molecule has 2 aliphatic heterocycles. The van der Waals surface area contributed by atoms with Crippen molar-refractivity contribution >= 4 is 5.82 Å². The van der Waals surface area contributed by atoms with Crippen molar-refractivity contribution in [3.63, 3.8) is 0 Å². The Morgan fingerprint density at radius 3 is 2.88 bits per heavy atom. The zero-order valence-electron chi connectivity index (χ0n) is 10.4. The number of anilines is 1. The smallest absolute Gasteiger partial charge is 0.150 e. The highest BCUT2D eigenvalue weighted by Gasteiger charge is 2.45. The molecule has 0 radical (unpaired) electrons. The maximum atomic E-state index is 6.37. The van der Waals surface area contributed by atoms with Gasteiger partial charge in [0.2, 0.25) is 0 Å². The lowest BCUT2D eigenvalue weighted by atomic mass is 9.75. The van der Waals surface area contributed by atoms with E-state index < -0.39 is 0 Å². The highest BCUT2D eigenvalue weighted by atomic mass is 15.3. The van der Waals surface area contributed by atoms with E-state index in [1.807, 2.05) is 17.9 Å². The highest BCUT2D eigenvalue weighted by molar-refractivity contribution is 5.40. The molecule has 2 saturated heterocycles. The van der Waals surface area contributed by atoms with Gasteiger partial charge in [0, 0.05) is 43.9 Å². The van der Waals surface area contributed by atoms with Crippen molar-refractivity contribution in [1.29, 1.82) is 0 Å². The fraction of sp³-hybridized carbons (Fsp3) is 0.750. The Bertz CT molecular complexity index is 393. The van der Waals surface area contributed by atoms with Crippen LogP contribution < -0.4 is 16.0 Å². The van der Waals surface area contributed by atoms with Crippen molar-refractivity contribution in [3.05, 3.63) is 12.3 Å². The summed E-state index contributed by atoms with van der Waals surface area (Å²) in [4.78, 5) is 2.34. The molecule has 1 atom stereocenters. The summed E-state index contributed by atoms with van der Waals surface area (Å²) in [7, 11) is 1.96. The van der Waals surface area contributed by atoms with E-state index in [-0.39, 0.29) is 6.04 Å². The van der Waals surface area contributed by atoms with Gasteiger partial charge in [-0.15, -0.1) is 0 Å². The predicted octanol–water partition coefficient (Wildman–Crippen LogP) is -0.0628. The average molecular weight is 235 g/mol. The number of nitrogens with one attached hydrogen (secondary N) is 1. The molecule has 1 aromatic rings. The van der Waals surface area contributed by atoms with E-state index in [4.69, 9.17) is 5.73 Å². The average Bonchev–Trinajstić information content (AvgIpc) is 2.87. The van der Waals surface area contributed by atoms with Gasteiger partial charge in [0.1, 0.15) is 0 Å². The maximum absolute atomic E-state index is 6.37. The monoisotopic (exact) mass is 235 g/mol. The summed E-state index contributed by atoms with van der Waals surface area (Å²) in [5.74, 6) is 1.07. The topological polar surface area (TPSA) is 59.1 Å². The minimum Gasteiger partial charge on any atom is -0.353 e. The molecular formula is C12H21N5. The van der Waals surface area contributed by atoms with Crippen LogP contribution in [0.25, 0.3) is 0 Å². The third-order valence-electron chi connectivity index (χ3n) is 4.33. The molecule has 2 aliphatic rings. The van der Waals surface area contributed by atoms with Crippen molar-refractivity contribution in [2.24, 2.45) is 18.2 Å². The Labute approximate surface area is 102 Å². The van der Waals surface area contributed by atoms with Crippen molar-refractivity contribution < 1.29 is 0 Å². The number of hydrogen-bond donors (Lipinski definition) is 2. The Kier molecular flexibility index (Phi) is 2.60. The van der Waals surface area contributed by atoms with E-state index in [2.05, 4.69) is 21.4 Å². The molecule has 0 aliphatic carbocycles. The van der Waals surface area contributed by atoms with Gasteiger partial charge in [0.25, 0.3) is 0 Å². The van der Waals surface area contributed by atoms with Crippen molar-refractivity contribution in [1.82, 2.24) is 15.1 Å². The van der Waals surface area contributed by atoms with Gasteiger partial charge >= 0.3 is 0 Å². The molecule has 94 valence electrons. The number of rotatable bonds is 1. The molecule has 0 unspecified atom stereocenters. The summed E-state index contributed by atoms with van der Waals surface area (Å²) in [5, 5.41) is 7.90. The summed E-state index contributed by atoms with van der Waals surface area (Å²) >= 11 is 0. The van der Waals surface area contributed by atoms with Crippen LogP contribution in [0.1, 0.15) is 12.8 Å². The van der Waals surface area contributed by atoms with Crippen LogP contribution in [0.2, 0.25) is 0 Å². The Balaban J connectivity index is 1.79. The summed E-state index contributed by atoms with van der Waals surface area (Å²) in [6.45, 7) is 4.21. The molecule has 2 fully saturated rings. The first-order valence-electron chi connectivity index (χ1n) is 6.41. The van der Waals surface area contributed by atoms with E-state index in [1.54, 1.807) is 0 Å². The molecule has 17 heavy (non-hydrogen) atoms. The van der Waals surface area contributed by atoms with Gasteiger partial charge in [-0.1, -0.05) is 0 Å². The molecule has 3 heterocycles. The Morgan fingerprint density at radius 1 is 1.47 bits per heavy atom. The molecule has 0 saturated carbocycles. The zero-order chi connectivity index (χ0) is 11.9. The highest BCUT2D eigenvalue weighted by Crippen LogP contribution is 2.39. The standard InChI is InChI=1S/C12H21N5/c1-16-7-2-11(15-16)17-8-10(13)12(9-17)3-5-14-6-4-12/h2,7,10,14H,3-6,8-9,13H2,1H3/t10-/m1/s1. The molecule has 0 amide bonds. The molecular weight excluding hydrogens is 214 g/mol. The van der Waals surface area contributed by atoms with Crippen molar-refractivity contribution in [2.75, 3.05) is 31.1 Å². The molecule has 5 heteroatoms. The van der Waals surface area contributed by atoms with Gasteiger partial charge in [-0.05, 0) is 25.9 Å². The first-order valence-corrected chi connectivity index (χ1v) is 6.41. The number of hydrogen-bond acceptors (Lipinski definition) is 4. The Hall–Kier alpha value is -1.07. The molecule has 3 rings (SSSR count). The number of aromatic nitrogens is 2. The van der Waals surface area contributed by atoms with Gasteiger partial charge < -0.3 is 16.0 Å². The quantitative estimate of drug-likeness (QED) is 0.716. The van der Waals surface area contributed by atoms with Crippen LogP contribution in [-0.2, 0) is 7.05 Å². The largest absolute Gasteiger partial charge is 0.353 e. The zero-order valence-corrected chi connectivity index (χ0v) is 10.4. The van der Waals surface area contributed by atoms with E-state index >= 15 is 0 Å². The van der Waals surface area contributed by atoms with E-state index in [0.717, 1.165) is 32.0 Å². The first kappa shape index (κ1) is 11.0. The fourth-order valence-electron chi connectivity index (χ4n) is 3.19. The minimum atomic E-state index is 0.284. The summed E-state index contributed by atoms with van der Waals surface area (Å²) in [6.07, 6.45) is 4.38. The summed E-state index contributed by atoms with van der Waals surface area (Å²) < 4.78 is 1.86. The van der Waals surface area contributed by atoms with Gasteiger partial charge in [-0.3, -0.25) is 4.68 Å². The van der Waals surface area contributed by atoms with Crippen molar-refractivity contribution in [3.8, 4) is 0 Å². The minimum absolute atomic E-state index is 0.284. The molecule has 3 N–H and O–H groups in total.